The molecule has 3 rings (SSSR count). The third-order valence-corrected chi connectivity index (χ3v) is 5.01. The molecule has 1 heterocycles. The number of ether oxygens (including phenoxy) is 4. The number of hydrogen-bond donors (Lipinski definition) is 2. The fraction of sp³-hybridized carbons (Fsp3) is 0.632. The number of nitrogens with one attached hydrogen (secondary N) is 2. The highest BCUT2D eigenvalue weighted by Gasteiger charge is 2.41. The van der Waals surface area contributed by atoms with E-state index < -0.39 is 6.61 Å². The van der Waals surface area contributed by atoms with Crippen molar-refractivity contribution >= 4 is 5.96 Å². The van der Waals surface area contributed by atoms with Crippen LogP contribution in [-0.4, -0.2) is 46.2 Å². The van der Waals surface area contributed by atoms with Gasteiger partial charge in [-0.3, -0.25) is 4.99 Å². The van der Waals surface area contributed by atoms with Gasteiger partial charge in [-0.1, -0.05) is 0 Å². The molecular formula is C19H27F2N3O4. The minimum Gasteiger partial charge on any atom is -0.454 e. The Morgan fingerprint density at radius 2 is 2.00 bits per heavy atom. The largest absolute Gasteiger partial charge is 0.454 e. The standard InChI is InChI=1S/C19H27F2N3O4/c1-3-25-7-6-19(4-5-19)11-24-18(22-2)23-10-13-8-15-16(27-12-26-15)9-14(13)28-17(20)21/h8-9,17H,3-7,10-12H2,1-2H3,(H2,22,23,24). The lowest BCUT2D eigenvalue weighted by molar-refractivity contribution is -0.0505. The van der Waals surface area contributed by atoms with E-state index in [9.17, 15) is 8.78 Å². The van der Waals surface area contributed by atoms with Crippen LogP contribution in [0, 0.1) is 5.41 Å². The molecule has 1 fully saturated rings. The first-order valence-electron chi connectivity index (χ1n) is 9.45. The fourth-order valence-corrected chi connectivity index (χ4v) is 3.10. The molecule has 0 radical (unpaired) electrons. The van der Waals surface area contributed by atoms with Gasteiger partial charge in [-0.2, -0.15) is 8.78 Å². The van der Waals surface area contributed by atoms with Crippen LogP contribution in [0.4, 0.5) is 8.78 Å². The topological polar surface area (TPSA) is 73.3 Å². The van der Waals surface area contributed by atoms with E-state index in [-0.39, 0.29) is 24.5 Å². The van der Waals surface area contributed by atoms with Crippen LogP contribution in [0.15, 0.2) is 17.1 Å². The number of benzene rings is 1. The number of fused-ring (bicyclic) bond motifs is 1. The van der Waals surface area contributed by atoms with Crippen molar-refractivity contribution in [2.45, 2.75) is 39.3 Å². The molecule has 0 aromatic heterocycles. The Kier molecular flexibility index (Phi) is 6.77. The fourth-order valence-electron chi connectivity index (χ4n) is 3.10. The number of hydrogen-bond acceptors (Lipinski definition) is 5. The van der Waals surface area contributed by atoms with Crippen molar-refractivity contribution in [3.63, 3.8) is 0 Å². The first-order valence-corrected chi connectivity index (χ1v) is 9.45. The lowest BCUT2D eigenvalue weighted by Crippen LogP contribution is -2.40. The second kappa shape index (κ2) is 9.27. The van der Waals surface area contributed by atoms with Gasteiger partial charge in [-0.05, 0) is 37.7 Å². The zero-order chi connectivity index (χ0) is 20.0. The Morgan fingerprint density at radius 1 is 1.25 bits per heavy atom. The van der Waals surface area contributed by atoms with Gasteiger partial charge in [0.15, 0.2) is 17.5 Å². The lowest BCUT2D eigenvalue weighted by atomic mass is 10.0. The molecule has 1 aromatic carbocycles. The van der Waals surface area contributed by atoms with Crippen molar-refractivity contribution in [2.24, 2.45) is 10.4 Å². The summed E-state index contributed by atoms with van der Waals surface area (Å²) in [6.45, 7) is 1.67. The van der Waals surface area contributed by atoms with E-state index in [0.717, 1.165) is 26.2 Å². The predicted octanol–water partition coefficient (Wildman–Crippen LogP) is 2.89. The maximum absolute atomic E-state index is 12.7. The van der Waals surface area contributed by atoms with E-state index in [4.69, 9.17) is 14.2 Å². The van der Waals surface area contributed by atoms with Crippen LogP contribution in [0.1, 0.15) is 31.7 Å². The summed E-state index contributed by atoms with van der Waals surface area (Å²) in [6, 6.07) is 3.07. The predicted molar refractivity (Wildman–Crippen MR) is 100 cm³/mol. The molecule has 1 saturated carbocycles. The molecule has 0 atom stereocenters. The van der Waals surface area contributed by atoms with Crippen LogP contribution in [-0.2, 0) is 11.3 Å². The molecule has 0 saturated heterocycles. The van der Waals surface area contributed by atoms with Gasteiger partial charge in [0.1, 0.15) is 5.75 Å². The van der Waals surface area contributed by atoms with Crippen LogP contribution in [0.25, 0.3) is 0 Å². The van der Waals surface area contributed by atoms with E-state index in [1.807, 2.05) is 6.92 Å². The van der Waals surface area contributed by atoms with Crippen molar-refractivity contribution in [1.82, 2.24) is 10.6 Å². The number of guanidine groups is 1. The van der Waals surface area contributed by atoms with Crippen LogP contribution in [0.2, 0.25) is 0 Å². The van der Waals surface area contributed by atoms with Crippen molar-refractivity contribution < 1.29 is 27.7 Å². The molecule has 1 aliphatic heterocycles. The first kappa shape index (κ1) is 20.4. The molecule has 2 N–H and O–H groups in total. The van der Waals surface area contributed by atoms with E-state index in [2.05, 4.69) is 20.4 Å². The molecule has 0 unspecified atom stereocenters. The highest BCUT2D eigenvalue weighted by atomic mass is 19.3. The Morgan fingerprint density at radius 3 is 2.64 bits per heavy atom. The Hall–Kier alpha value is -2.29. The van der Waals surface area contributed by atoms with Gasteiger partial charge in [-0.25, -0.2) is 0 Å². The average molecular weight is 399 g/mol. The van der Waals surface area contributed by atoms with Gasteiger partial charge in [0.25, 0.3) is 0 Å². The summed E-state index contributed by atoms with van der Waals surface area (Å²) in [4.78, 5) is 4.21. The molecule has 7 nitrogen and oxygen atoms in total. The van der Waals surface area contributed by atoms with Crippen LogP contribution in [0.3, 0.4) is 0 Å². The van der Waals surface area contributed by atoms with E-state index >= 15 is 0 Å². The highest BCUT2D eigenvalue weighted by Crippen LogP contribution is 2.48. The second-order valence-electron chi connectivity index (χ2n) is 6.92. The summed E-state index contributed by atoms with van der Waals surface area (Å²) in [5.74, 6) is 1.56. The third kappa shape index (κ3) is 5.37. The summed E-state index contributed by atoms with van der Waals surface area (Å²) in [7, 11) is 1.67. The summed E-state index contributed by atoms with van der Waals surface area (Å²) in [6.07, 6.45) is 3.34. The van der Waals surface area contributed by atoms with E-state index in [0.29, 0.717) is 23.0 Å². The van der Waals surface area contributed by atoms with Crippen molar-refractivity contribution in [1.29, 1.82) is 0 Å². The van der Waals surface area contributed by atoms with Gasteiger partial charge < -0.3 is 29.6 Å². The normalized spacial score (nSPS) is 17.0. The minimum atomic E-state index is -2.92. The van der Waals surface area contributed by atoms with Gasteiger partial charge in [-0.15, -0.1) is 0 Å². The number of aliphatic imine (C=N–C) groups is 1. The Balaban J connectivity index is 1.56. The van der Waals surface area contributed by atoms with Crippen molar-refractivity contribution in [2.75, 3.05) is 33.6 Å². The minimum absolute atomic E-state index is 0.0533. The third-order valence-electron chi connectivity index (χ3n) is 5.01. The molecule has 2 aliphatic rings. The molecule has 28 heavy (non-hydrogen) atoms. The molecule has 1 aromatic rings. The van der Waals surface area contributed by atoms with Gasteiger partial charge in [0, 0.05) is 45.0 Å². The highest BCUT2D eigenvalue weighted by molar-refractivity contribution is 5.79. The van der Waals surface area contributed by atoms with Crippen molar-refractivity contribution in [3.05, 3.63) is 17.7 Å². The Bertz CT molecular complexity index is 696. The van der Waals surface area contributed by atoms with Gasteiger partial charge in [0.05, 0.1) is 0 Å². The maximum atomic E-state index is 12.7. The maximum Gasteiger partial charge on any atom is 0.387 e. The van der Waals surface area contributed by atoms with Crippen molar-refractivity contribution in [3.8, 4) is 17.2 Å². The first-order chi connectivity index (χ1) is 13.5. The molecule has 0 amide bonds. The molecule has 156 valence electrons. The number of halogens is 2. The Labute approximate surface area is 163 Å². The quantitative estimate of drug-likeness (QED) is 0.358. The van der Waals surface area contributed by atoms with Crippen LogP contribution < -0.4 is 24.8 Å². The van der Waals surface area contributed by atoms with Crippen LogP contribution >= 0.6 is 0 Å². The van der Waals surface area contributed by atoms with E-state index in [1.54, 1.807) is 13.1 Å². The second-order valence-corrected chi connectivity index (χ2v) is 6.92. The molecule has 9 heteroatoms. The molecule has 0 spiro atoms. The summed E-state index contributed by atoms with van der Waals surface area (Å²) in [5, 5.41) is 6.46. The zero-order valence-corrected chi connectivity index (χ0v) is 16.2. The van der Waals surface area contributed by atoms with Gasteiger partial charge >= 0.3 is 6.61 Å². The SMILES string of the molecule is CCOCCC1(CNC(=NC)NCc2cc3c(cc2OC(F)F)OCO3)CC1. The molecular weight excluding hydrogens is 372 g/mol. The van der Waals surface area contributed by atoms with E-state index in [1.165, 1.54) is 18.9 Å². The monoisotopic (exact) mass is 399 g/mol. The number of rotatable bonds is 10. The summed E-state index contributed by atoms with van der Waals surface area (Å²) >= 11 is 0. The average Bonchev–Trinajstić information content (AvgIpc) is 3.29. The summed E-state index contributed by atoms with van der Waals surface area (Å²) in [5.41, 5.74) is 0.792. The number of alkyl halides is 2. The smallest absolute Gasteiger partial charge is 0.387 e. The zero-order valence-electron chi connectivity index (χ0n) is 16.2. The number of nitrogens with zero attached hydrogens (tertiary/aromatic N) is 1. The summed E-state index contributed by atoms with van der Waals surface area (Å²) < 4.78 is 46.1. The lowest BCUT2D eigenvalue weighted by Gasteiger charge is -2.19. The molecule has 1 aliphatic carbocycles. The van der Waals surface area contributed by atoms with Gasteiger partial charge in [0.2, 0.25) is 6.79 Å². The van der Waals surface area contributed by atoms with Crippen LogP contribution in [0.5, 0.6) is 17.2 Å². The molecule has 0 bridgehead atoms.